The number of nitriles is 1. The first-order valence-electron chi connectivity index (χ1n) is 15.8. The van der Waals surface area contributed by atoms with Crippen LogP contribution in [0.25, 0.3) is 44.5 Å². The molecule has 3 heterocycles. The number of nitrogens with zero attached hydrogens (tertiary/aromatic N) is 5. The second kappa shape index (κ2) is 11.8. The second-order valence-electron chi connectivity index (χ2n) is 12.6. The summed E-state index contributed by atoms with van der Waals surface area (Å²) in [4.78, 5) is 16.9. The molecule has 6 heteroatoms. The Morgan fingerprint density at radius 2 is 1.73 bits per heavy atom. The molecule has 0 aliphatic heterocycles. The maximum Gasteiger partial charge on any atom is 0.140 e. The van der Waals surface area contributed by atoms with Gasteiger partial charge in [-0.2, -0.15) is 5.26 Å². The molecule has 1 N–H and O–H groups in total. The standard InChI is InChI=1S/C38H38N6/c1-4-24-10-15-30-27(18-24)19-33-31(30)6-5-7-32(33)34-20-36-38(43-37(34)26-11-14-29(21-39)41-22-26)35(16-17-40-36)42-28-12-8-25(9-13-28)23-44(2)3/h5-7,10-11,14-18,20,22,25,28H,4,8-9,12-13,19,23H2,1-3H3,(H,40,42). The van der Waals surface area contributed by atoms with E-state index in [-0.39, 0.29) is 0 Å². The van der Waals surface area contributed by atoms with E-state index in [1.54, 1.807) is 12.3 Å². The fraction of sp³-hybridized carbons (Fsp3) is 0.316. The topological polar surface area (TPSA) is 77.7 Å². The van der Waals surface area contributed by atoms with E-state index in [1.165, 1.54) is 46.2 Å². The van der Waals surface area contributed by atoms with Crippen LogP contribution < -0.4 is 5.32 Å². The highest BCUT2D eigenvalue weighted by atomic mass is 15.1. The van der Waals surface area contributed by atoms with E-state index in [2.05, 4.69) is 90.8 Å². The molecule has 44 heavy (non-hydrogen) atoms. The minimum Gasteiger partial charge on any atom is -0.380 e. The van der Waals surface area contributed by atoms with Crippen molar-refractivity contribution in [2.45, 2.75) is 51.5 Å². The van der Waals surface area contributed by atoms with Crippen LogP contribution in [0.15, 0.2) is 73.1 Å². The summed E-state index contributed by atoms with van der Waals surface area (Å²) in [5, 5.41) is 13.2. The van der Waals surface area contributed by atoms with Crippen molar-refractivity contribution < 1.29 is 0 Å². The summed E-state index contributed by atoms with van der Waals surface area (Å²) in [5.41, 5.74) is 13.8. The highest BCUT2D eigenvalue weighted by Crippen LogP contribution is 2.44. The van der Waals surface area contributed by atoms with Gasteiger partial charge in [0.2, 0.25) is 0 Å². The monoisotopic (exact) mass is 578 g/mol. The third-order valence-electron chi connectivity index (χ3n) is 9.40. The number of nitrogens with one attached hydrogen (secondary N) is 1. The molecule has 3 aromatic heterocycles. The lowest BCUT2D eigenvalue weighted by molar-refractivity contribution is 0.255. The van der Waals surface area contributed by atoms with Gasteiger partial charge in [-0.3, -0.25) is 4.98 Å². The summed E-state index contributed by atoms with van der Waals surface area (Å²) < 4.78 is 0. The van der Waals surface area contributed by atoms with Crippen molar-refractivity contribution in [2.24, 2.45) is 5.92 Å². The molecule has 0 bridgehead atoms. The molecule has 220 valence electrons. The lowest BCUT2D eigenvalue weighted by Gasteiger charge is -2.31. The molecule has 0 amide bonds. The molecule has 0 unspecified atom stereocenters. The van der Waals surface area contributed by atoms with Crippen molar-refractivity contribution in [1.29, 1.82) is 5.26 Å². The van der Waals surface area contributed by atoms with Crippen LogP contribution in [0.1, 0.15) is 55.0 Å². The predicted molar refractivity (Wildman–Crippen MR) is 178 cm³/mol. The molecule has 0 radical (unpaired) electrons. The third kappa shape index (κ3) is 5.33. The van der Waals surface area contributed by atoms with E-state index < -0.39 is 0 Å². The molecule has 0 spiro atoms. The number of rotatable bonds is 7. The Morgan fingerprint density at radius 3 is 2.45 bits per heavy atom. The van der Waals surface area contributed by atoms with Crippen LogP contribution in [-0.4, -0.2) is 46.5 Å². The highest BCUT2D eigenvalue weighted by molar-refractivity contribution is 5.97. The lowest BCUT2D eigenvalue weighted by atomic mass is 9.85. The molecular weight excluding hydrogens is 540 g/mol. The minimum absolute atomic E-state index is 0.396. The number of aromatic nitrogens is 3. The van der Waals surface area contributed by atoms with Crippen molar-refractivity contribution in [3.63, 3.8) is 0 Å². The molecule has 2 aliphatic carbocycles. The molecule has 7 rings (SSSR count). The molecule has 6 nitrogen and oxygen atoms in total. The van der Waals surface area contributed by atoms with Gasteiger partial charge in [-0.15, -0.1) is 0 Å². The molecule has 0 atom stereocenters. The van der Waals surface area contributed by atoms with Crippen LogP contribution in [-0.2, 0) is 12.8 Å². The zero-order valence-corrected chi connectivity index (χ0v) is 25.8. The highest BCUT2D eigenvalue weighted by Gasteiger charge is 2.26. The summed E-state index contributed by atoms with van der Waals surface area (Å²) in [7, 11) is 4.33. The second-order valence-corrected chi connectivity index (χ2v) is 12.6. The Labute approximate surface area is 259 Å². The van der Waals surface area contributed by atoms with Crippen LogP contribution in [0.4, 0.5) is 5.69 Å². The summed E-state index contributed by atoms with van der Waals surface area (Å²) in [6, 6.07) is 24.1. The van der Waals surface area contributed by atoms with Gasteiger partial charge in [-0.05, 0) is 116 Å². The van der Waals surface area contributed by atoms with E-state index in [1.807, 2.05) is 12.3 Å². The fourth-order valence-electron chi connectivity index (χ4n) is 7.19. The zero-order valence-electron chi connectivity index (χ0n) is 25.8. The van der Waals surface area contributed by atoms with Gasteiger partial charge in [0.15, 0.2) is 0 Å². The van der Waals surface area contributed by atoms with E-state index in [9.17, 15) is 5.26 Å². The van der Waals surface area contributed by atoms with Gasteiger partial charge in [-0.1, -0.05) is 43.3 Å². The van der Waals surface area contributed by atoms with Crippen LogP contribution in [0.3, 0.4) is 0 Å². The molecular formula is C38H38N6. The average Bonchev–Trinajstić information content (AvgIpc) is 3.43. The van der Waals surface area contributed by atoms with E-state index >= 15 is 0 Å². The SMILES string of the molecule is CCc1ccc2c(c1)Cc1c-2cccc1-c1cc2nccc(NC3CCC(CN(C)C)CC3)c2nc1-c1ccc(C#N)nc1. The van der Waals surface area contributed by atoms with Crippen LogP contribution in [0.2, 0.25) is 0 Å². The summed E-state index contributed by atoms with van der Waals surface area (Å²) >= 11 is 0. The first kappa shape index (κ1) is 28.2. The van der Waals surface area contributed by atoms with Gasteiger partial charge in [0, 0.05) is 36.1 Å². The number of hydrogen-bond acceptors (Lipinski definition) is 6. The largest absolute Gasteiger partial charge is 0.380 e. The lowest BCUT2D eigenvalue weighted by Crippen LogP contribution is -2.31. The van der Waals surface area contributed by atoms with Gasteiger partial charge < -0.3 is 10.2 Å². The molecule has 5 aromatic rings. The fourth-order valence-corrected chi connectivity index (χ4v) is 7.19. The maximum absolute atomic E-state index is 9.41. The smallest absolute Gasteiger partial charge is 0.140 e. The molecule has 1 fully saturated rings. The Balaban J connectivity index is 1.32. The third-order valence-corrected chi connectivity index (χ3v) is 9.40. The van der Waals surface area contributed by atoms with Crippen molar-refractivity contribution >= 4 is 16.7 Å². The van der Waals surface area contributed by atoms with Gasteiger partial charge in [0.25, 0.3) is 0 Å². The Morgan fingerprint density at radius 1 is 0.909 bits per heavy atom. The minimum atomic E-state index is 0.396. The number of aryl methyl sites for hydroxylation is 1. The van der Waals surface area contributed by atoms with Gasteiger partial charge in [0.1, 0.15) is 17.3 Å². The average molecular weight is 579 g/mol. The summed E-state index contributed by atoms with van der Waals surface area (Å²) in [6.45, 7) is 3.37. The van der Waals surface area contributed by atoms with Gasteiger partial charge >= 0.3 is 0 Å². The first-order valence-corrected chi connectivity index (χ1v) is 15.8. The normalized spacial score (nSPS) is 17.3. The van der Waals surface area contributed by atoms with Crippen LogP contribution in [0, 0.1) is 17.2 Å². The Hall–Kier alpha value is -4.60. The van der Waals surface area contributed by atoms with Crippen molar-refractivity contribution in [1.82, 2.24) is 19.9 Å². The number of anilines is 1. The molecule has 2 aromatic carbocycles. The van der Waals surface area contributed by atoms with E-state index in [0.717, 1.165) is 71.7 Å². The first-order chi connectivity index (χ1) is 21.5. The van der Waals surface area contributed by atoms with E-state index in [4.69, 9.17) is 9.97 Å². The van der Waals surface area contributed by atoms with Crippen molar-refractivity contribution in [3.05, 3.63) is 95.4 Å². The van der Waals surface area contributed by atoms with Gasteiger partial charge in [-0.25, -0.2) is 9.97 Å². The zero-order chi connectivity index (χ0) is 30.2. The molecule has 2 aliphatic rings. The van der Waals surface area contributed by atoms with E-state index in [0.29, 0.717) is 11.7 Å². The van der Waals surface area contributed by atoms with Crippen LogP contribution >= 0.6 is 0 Å². The van der Waals surface area contributed by atoms with Crippen LogP contribution in [0.5, 0.6) is 0 Å². The summed E-state index contributed by atoms with van der Waals surface area (Å²) in [5.74, 6) is 0.765. The van der Waals surface area contributed by atoms with Gasteiger partial charge in [0.05, 0.1) is 16.9 Å². The molecule has 0 saturated heterocycles. The number of hydrogen-bond donors (Lipinski definition) is 1. The van der Waals surface area contributed by atoms with Crippen molar-refractivity contribution in [2.75, 3.05) is 26.0 Å². The molecule has 1 saturated carbocycles. The quantitative estimate of drug-likeness (QED) is 0.208. The Kier molecular flexibility index (Phi) is 7.57. The number of fused-ring (bicyclic) bond motifs is 4. The number of benzene rings is 2. The predicted octanol–water partition coefficient (Wildman–Crippen LogP) is 7.90. The number of pyridine rings is 3. The van der Waals surface area contributed by atoms with Crippen molar-refractivity contribution in [3.8, 4) is 39.6 Å². The maximum atomic E-state index is 9.41. The summed E-state index contributed by atoms with van der Waals surface area (Å²) in [6.07, 6.45) is 10.4. The Bertz CT molecular complexity index is 1880.